The van der Waals surface area contributed by atoms with Crippen molar-refractivity contribution in [2.75, 3.05) is 39.8 Å². The van der Waals surface area contributed by atoms with Crippen LogP contribution in [0.1, 0.15) is 49.4 Å². The summed E-state index contributed by atoms with van der Waals surface area (Å²) in [4.78, 5) is 17.9. The first kappa shape index (κ1) is 23.3. The van der Waals surface area contributed by atoms with E-state index in [0.29, 0.717) is 5.92 Å². The van der Waals surface area contributed by atoms with Crippen molar-refractivity contribution in [3.63, 3.8) is 0 Å². The van der Waals surface area contributed by atoms with Gasteiger partial charge in [-0.15, -0.1) is 0 Å². The van der Waals surface area contributed by atoms with Gasteiger partial charge in [0, 0.05) is 32.7 Å². The van der Waals surface area contributed by atoms with Gasteiger partial charge in [-0.25, -0.2) is 0 Å². The van der Waals surface area contributed by atoms with Crippen molar-refractivity contribution in [1.82, 2.24) is 15.1 Å². The smallest absolute Gasteiger partial charge is 0.261 e. The fourth-order valence-electron chi connectivity index (χ4n) is 3.84. The van der Waals surface area contributed by atoms with Crippen molar-refractivity contribution in [3.05, 3.63) is 65.2 Å². The summed E-state index contributed by atoms with van der Waals surface area (Å²) in [5.74, 6) is 1.11. The molecule has 1 N–H and O–H groups in total. The molecule has 0 aromatic heterocycles. The lowest BCUT2D eigenvalue weighted by molar-refractivity contribution is -0.128. The fourth-order valence-corrected chi connectivity index (χ4v) is 3.84. The summed E-state index contributed by atoms with van der Waals surface area (Å²) in [6, 6.07) is 16.4. The molecule has 1 aliphatic heterocycles. The van der Waals surface area contributed by atoms with Gasteiger partial charge in [-0.3, -0.25) is 9.69 Å². The number of carbonyl (C=O) groups excluding carboxylic acids is 1. The van der Waals surface area contributed by atoms with Gasteiger partial charge < -0.3 is 15.0 Å². The quantitative estimate of drug-likeness (QED) is 0.697. The molecular weight excluding hydrogens is 386 g/mol. The van der Waals surface area contributed by atoms with Crippen LogP contribution in [0.4, 0.5) is 0 Å². The molecule has 0 spiro atoms. The van der Waals surface area contributed by atoms with Gasteiger partial charge in [0.05, 0.1) is 6.04 Å². The Morgan fingerprint density at radius 3 is 2.32 bits per heavy atom. The van der Waals surface area contributed by atoms with Crippen LogP contribution in [0, 0.1) is 6.92 Å². The Morgan fingerprint density at radius 1 is 1.00 bits per heavy atom. The number of benzene rings is 2. The maximum atomic E-state index is 13.1. The maximum Gasteiger partial charge on any atom is 0.261 e. The largest absolute Gasteiger partial charge is 0.481 e. The highest BCUT2D eigenvalue weighted by Crippen LogP contribution is 2.25. The van der Waals surface area contributed by atoms with Gasteiger partial charge in [0.2, 0.25) is 0 Å². The van der Waals surface area contributed by atoms with E-state index < -0.39 is 6.10 Å². The van der Waals surface area contributed by atoms with Gasteiger partial charge in [0.25, 0.3) is 5.91 Å². The van der Waals surface area contributed by atoms with Crippen LogP contribution in [0.5, 0.6) is 5.75 Å². The molecule has 5 heteroatoms. The number of carbonyl (C=O) groups is 1. The van der Waals surface area contributed by atoms with Crippen LogP contribution >= 0.6 is 0 Å². The Morgan fingerprint density at radius 2 is 1.68 bits per heavy atom. The van der Waals surface area contributed by atoms with E-state index in [4.69, 9.17) is 4.74 Å². The lowest BCUT2D eigenvalue weighted by Crippen LogP contribution is -2.49. The number of hydrogen-bond acceptors (Lipinski definition) is 4. The van der Waals surface area contributed by atoms with E-state index in [0.717, 1.165) is 49.6 Å². The van der Waals surface area contributed by atoms with Crippen LogP contribution in [0.25, 0.3) is 0 Å². The highest BCUT2D eigenvalue weighted by atomic mass is 16.5. The zero-order chi connectivity index (χ0) is 22.4. The number of hydrogen-bond donors (Lipinski definition) is 1. The van der Waals surface area contributed by atoms with Crippen LogP contribution in [0.3, 0.4) is 0 Å². The molecule has 168 valence electrons. The normalized spacial score (nSPS) is 17.4. The number of ether oxygens (including phenoxy) is 1. The molecule has 0 saturated carbocycles. The summed E-state index contributed by atoms with van der Waals surface area (Å²) in [7, 11) is 2.16. The first-order valence-corrected chi connectivity index (χ1v) is 11.4. The molecule has 2 aromatic carbocycles. The fraction of sp³-hybridized carbons (Fsp3) is 0.500. The third-order valence-corrected chi connectivity index (χ3v) is 6.11. The molecule has 1 saturated heterocycles. The van der Waals surface area contributed by atoms with E-state index in [-0.39, 0.29) is 11.9 Å². The van der Waals surface area contributed by atoms with Crippen molar-refractivity contribution >= 4 is 5.91 Å². The van der Waals surface area contributed by atoms with E-state index in [9.17, 15) is 4.79 Å². The molecule has 0 aliphatic carbocycles. The summed E-state index contributed by atoms with van der Waals surface area (Å²) in [6.45, 7) is 13.1. The van der Waals surface area contributed by atoms with Crippen molar-refractivity contribution in [2.45, 2.75) is 45.8 Å². The number of nitrogens with one attached hydrogen (secondary N) is 1. The predicted octanol–water partition coefficient (Wildman–Crippen LogP) is 3.99. The molecule has 1 fully saturated rings. The zero-order valence-electron chi connectivity index (χ0n) is 19.6. The third-order valence-electron chi connectivity index (χ3n) is 6.11. The molecule has 1 aliphatic rings. The van der Waals surface area contributed by atoms with E-state index in [1.807, 2.05) is 32.0 Å². The van der Waals surface area contributed by atoms with Gasteiger partial charge in [-0.1, -0.05) is 56.3 Å². The molecule has 1 amide bonds. The van der Waals surface area contributed by atoms with E-state index in [1.54, 1.807) is 0 Å². The van der Waals surface area contributed by atoms with E-state index in [1.165, 1.54) is 5.56 Å². The van der Waals surface area contributed by atoms with E-state index in [2.05, 4.69) is 66.3 Å². The lowest BCUT2D eigenvalue weighted by Gasteiger charge is -2.35. The molecule has 1 heterocycles. The summed E-state index contributed by atoms with van der Waals surface area (Å²) in [5.41, 5.74) is 3.38. The minimum Gasteiger partial charge on any atom is -0.481 e. The number of nitrogens with zero attached hydrogens (tertiary/aromatic N) is 2. The summed E-state index contributed by atoms with van der Waals surface area (Å²) < 4.78 is 6.11. The summed E-state index contributed by atoms with van der Waals surface area (Å²) in [5, 5.41) is 3.25. The maximum absolute atomic E-state index is 13.1. The number of piperazine rings is 1. The standard InChI is InChI=1S/C26H37N3O2/c1-19(2)23-12-11-20(3)25(17-23)31-21(4)26(30)27-24(22-9-7-6-8-10-22)18-29-15-13-28(5)14-16-29/h6-12,17,19,21,24H,13-16,18H2,1-5H3,(H,27,30). The topological polar surface area (TPSA) is 44.8 Å². The second-order valence-corrected chi connectivity index (χ2v) is 9.02. The van der Waals surface area contributed by atoms with Crippen molar-refractivity contribution in [3.8, 4) is 5.75 Å². The molecule has 3 rings (SSSR count). The summed E-state index contributed by atoms with van der Waals surface area (Å²) in [6.07, 6.45) is -0.570. The SMILES string of the molecule is Cc1ccc(C(C)C)cc1OC(C)C(=O)NC(CN1CCN(C)CC1)c1ccccc1. The average molecular weight is 424 g/mol. The molecule has 0 bridgehead atoms. The number of aryl methyl sites for hydroxylation is 1. The van der Waals surface area contributed by atoms with Crippen molar-refractivity contribution in [2.24, 2.45) is 0 Å². The Labute approximate surface area is 187 Å². The highest BCUT2D eigenvalue weighted by molar-refractivity contribution is 5.81. The van der Waals surface area contributed by atoms with Crippen LogP contribution < -0.4 is 10.1 Å². The minimum atomic E-state index is -0.570. The van der Waals surface area contributed by atoms with Crippen LogP contribution in [-0.4, -0.2) is 61.6 Å². The molecule has 31 heavy (non-hydrogen) atoms. The van der Waals surface area contributed by atoms with Gasteiger partial charge in [-0.05, 0) is 49.6 Å². The Balaban J connectivity index is 1.68. The molecule has 0 radical (unpaired) electrons. The Kier molecular flexibility index (Phi) is 8.10. The third kappa shape index (κ3) is 6.55. The van der Waals surface area contributed by atoms with Crippen LogP contribution in [0.2, 0.25) is 0 Å². The van der Waals surface area contributed by atoms with E-state index >= 15 is 0 Å². The summed E-state index contributed by atoms with van der Waals surface area (Å²) >= 11 is 0. The number of rotatable bonds is 8. The Bertz CT molecular complexity index is 845. The molecular formula is C26H37N3O2. The van der Waals surface area contributed by atoms with Gasteiger partial charge >= 0.3 is 0 Å². The Hall–Kier alpha value is -2.37. The molecule has 2 atom stereocenters. The molecule has 5 nitrogen and oxygen atoms in total. The molecule has 2 aromatic rings. The van der Waals surface area contributed by atoms with Crippen molar-refractivity contribution in [1.29, 1.82) is 0 Å². The van der Waals surface area contributed by atoms with Gasteiger partial charge in [-0.2, -0.15) is 0 Å². The van der Waals surface area contributed by atoms with Gasteiger partial charge in [0.15, 0.2) is 6.10 Å². The first-order chi connectivity index (χ1) is 14.8. The average Bonchev–Trinajstić information content (AvgIpc) is 2.76. The second kappa shape index (κ2) is 10.8. The van der Waals surface area contributed by atoms with Crippen LogP contribution in [0.15, 0.2) is 48.5 Å². The predicted molar refractivity (Wildman–Crippen MR) is 127 cm³/mol. The van der Waals surface area contributed by atoms with Crippen molar-refractivity contribution < 1.29 is 9.53 Å². The zero-order valence-corrected chi connectivity index (χ0v) is 19.6. The first-order valence-electron chi connectivity index (χ1n) is 11.4. The number of likely N-dealkylation sites (N-methyl/N-ethyl adjacent to an activating group) is 1. The highest BCUT2D eigenvalue weighted by Gasteiger charge is 2.24. The van der Waals surface area contributed by atoms with Gasteiger partial charge in [0.1, 0.15) is 5.75 Å². The number of amides is 1. The monoisotopic (exact) mass is 423 g/mol. The molecule has 2 unspecified atom stereocenters. The second-order valence-electron chi connectivity index (χ2n) is 9.02. The lowest BCUT2D eigenvalue weighted by atomic mass is 10.0. The van der Waals surface area contributed by atoms with Crippen LogP contribution in [-0.2, 0) is 4.79 Å². The minimum absolute atomic E-state index is 0.0637.